The average Bonchev–Trinajstić information content (AvgIpc) is 2.58. The number of ether oxygens (including phenoxy) is 1. The maximum Gasteiger partial charge on any atom is 0.252 e. The van der Waals surface area contributed by atoms with Gasteiger partial charge in [0.05, 0.1) is 16.0 Å². The van der Waals surface area contributed by atoms with E-state index in [1.165, 1.54) is 15.6 Å². The summed E-state index contributed by atoms with van der Waals surface area (Å²) in [5, 5.41) is 0. The van der Waals surface area contributed by atoms with Crippen LogP contribution in [-0.2, 0) is 14.8 Å². The molecule has 0 spiro atoms. The van der Waals surface area contributed by atoms with Gasteiger partial charge in [-0.2, -0.15) is 4.31 Å². The molecular formula is C10H13Br2NO3S2. The maximum absolute atomic E-state index is 12.5. The Morgan fingerprint density at radius 3 is 2.33 bits per heavy atom. The Kier molecular flexibility index (Phi) is 4.56. The summed E-state index contributed by atoms with van der Waals surface area (Å²) in [5.74, 6) is 0. The molecule has 0 aromatic carbocycles. The van der Waals surface area contributed by atoms with Crippen molar-refractivity contribution in [1.29, 1.82) is 0 Å². The van der Waals surface area contributed by atoms with Crippen LogP contribution in [0.3, 0.4) is 0 Å². The highest BCUT2D eigenvalue weighted by Crippen LogP contribution is 2.36. The first-order valence-corrected chi connectivity index (χ1v) is 9.25. The van der Waals surface area contributed by atoms with E-state index in [-0.39, 0.29) is 12.2 Å². The van der Waals surface area contributed by atoms with Crippen molar-refractivity contribution in [1.82, 2.24) is 4.31 Å². The molecule has 0 aliphatic carbocycles. The van der Waals surface area contributed by atoms with Crippen LogP contribution in [0.5, 0.6) is 0 Å². The van der Waals surface area contributed by atoms with Crippen molar-refractivity contribution in [3.05, 3.63) is 14.3 Å². The molecule has 0 saturated carbocycles. The summed E-state index contributed by atoms with van der Waals surface area (Å²) >= 11 is 7.85. The number of halogens is 2. The Bertz CT molecular complexity index is 514. The Hall–Kier alpha value is 0.530. The molecule has 1 aliphatic heterocycles. The van der Waals surface area contributed by atoms with Gasteiger partial charge in [-0.3, -0.25) is 0 Å². The SMILES string of the molecule is CC1CN(S(=O)(=O)c2cc(Br)c(Br)s2)CC(C)O1. The van der Waals surface area contributed by atoms with E-state index >= 15 is 0 Å². The van der Waals surface area contributed by atoms with Crippen LogP contribution in [0.2, 0.25) is 0 Å². The number of nitrogens with zero attached hydrogens (tertiary/aromatic N) is 1. The molecule has 0 N–H and O–H groups in total. The lowest BCUT2D eigenvalue weighted by atomic mass is 10.3. The lowest BCUT2D eigenvalue weighted by Crippen LogP contribution is -2.47. The van der Waals surface area contributed by atoms with Crippen molar-refractivity contribution < 1.29 is 13.2 Å². The van der Waals surface area contributed by atoms with Gasteiger partial charge in [-0.05, 0) is 51.8 Å². The van der Waals surface area contributed by atoms with Crippen LogP contribution >= 0.6 is 43.2 Å². The number of rotatable bonds is 2. The summed E-state index contributed by atoms with van der Waals surface area (Å²) < 4.78 is 33.9. The van der Waals surface area contributed by atoms with E-state index < -0.39 is 10.0 Å². The molecule has 2 rings (SSSR count). The minimum absolute atomic E-state index is 0.0737. The fraction of sp³-hybridized carbons (Fsp3) is 0.600. The first kappa shape index (κ1) is 14.9. The Labute approximate surface area is 128 Å². The predicted octanol–water partition coefficient (Wildman–Crippen LogP) is 3.07. The molecule has 18 heavy (non-hydrogen) atoms. The van der Waals surface area contributed by atoms with Gasteiger partial charge in [0.15, 0.2) is 0 Å². The summed E-state index contributed by atoms with van der Waals surface area (Å²) in [4.78, 5) is 0. The van der Waals surface area contributed by atoms with Gasteiger partial charge < -0.3 is 4.74 Å². The third-order valence-electron chi connectivity index (χ3n) is 2.60. The Balaban J connectivity index is 2.30. The van der Waals surface area contributed by atoms with Gasteiger partial charge in [0.25, 0.3) is 10.0 Å². The van der Waals surface area contributed by atoms with Crippen molar-refractivity contribution in [2.24, 2.45) is 0 Å². The standard InChI is InChI=1S/C10H13Br2NO3S2/c1-6-4-13(5-7(2)16-6)18(14,15)9-3-8(11)10(12)17-9/h3,6-7H,4-5H2,1-2H3. The van der Waals surface area contributed by atoms with Gasteiger partial charge in [0, 0.05) is 17.6 Å². The second kappa shape index (κ2) is 5.49. The molecule has 1 saturated heterocycles. The number of hydrogen-bond donors (Lipinski definition) is 0. The van der Waals surface area contributed by atoms with Crippen molar-refractivity contribution >= 4 is 53.2 Å². The largest absolute Gasteiger partial charge is 0.373 e. The van der Waals surface area contributed by atoms with E-state index in [2.05, 4.69) is 31.9 Å². The minimum atomic E-state index is -3.42. The van der Waals surface area contributed by atoms with E-state index in [1.807, 2.05) is 13.8 Å². The van der Waals surface area contributed by atoms with Crippen LogP contribution < -0.4 is 0 Å². The lowest BCUT2D eigenvalue weighted by molar-refractivity contribution is -0.0440. The minimum Gasteiger partial charge on any atom is -0.373 e. The summed E-state index contributed by atoms with van der Waals surface area (Å²) in [7, 11) is -3.42. The van der Waals surface area contributed by atoms with Gasteiger partial charge in [-0.1, -0.05) is 0 Å². The zero-order valence-corrected chi connectivity index (χ0v) is 14.7. The molecule has 1 aromatic heterocycles. The van der Waals surface area contributed by atoms with E-state index in [9.17, 15) is 8.42 Å². The summed E-state index contributed by atoms with van der Waals surface area (Å²) in [6.07, 6.45) is -0.147. The fourth-order valence-corrected chi connectivity index (χ4v) is 6.47. The predicted molar refractivity (Wildman–Crippen MR) is 78.5 cm³/mol. The van der Waals surface area contributed by atoms with Crippen LogP contribution in [0.25, 0.3) is 0 Å². The number of hydrogen-bond acceptors (Lipinski definition) is 4. The zero-order chi connectivity index (χ0) is 13.5. The van der Waals surface area contributed by atoms with Gasteiger partial charge in [-0.15, -0.1) is 11.3 Å². The molecule has 4 nitrogen and oxygen atoms in total. The smallest absolute Gasteiger partial charge is 0.252 e. The molecule has 102 valence electrons. The quantitative estimate of drug-likeness (QED) is 0.741. The second-order valence-corrected chi connectivity index (χ2v) is 9.66. The van der Waals surface area contributed by atoms with E-state index in [0.717, 1.165) is 8.26 Å². The van der Waals surface area contributed by atoms with Gasteiger partial charge >= 0.3 is 0 Å². The van der Waals surface area contributed by atoms with Gasteiger partial charge in [0.2, 0.25) is 0 Å². The topological polar surface area (TPSA) is 46.6 Å². The highest BCUT2D eigenvalue weighted by atomic mass is 79.9. The molecule has 2 unspecified atom stereocenters. The van der Waals surface area contributed by atoms with E-state index in [4.69, 9.17) is 4.74 Å². The van der Waals surface area contributed by atoms with Crippen LogP contribution in [-0.4, -0.2) is 38.0 Å². The fourth-order valence-electron chi connectivity index (χ4n) is 1.91. The summed E-state index contributed by atoms with van der Waals surface area (Å²) in [5.41, 5.74) is 0. The van der Waals surface area contributed by atoms with Crippen LogP contribution in [0, 0.1) is 0 Å². The number of morpholine rings is 1. The number of thiophene rings is 1. The zero-order valence-electron chi connectivity index (χ0n) is 9.89. The molecule has 2 atom stereocenters. The highest BCUT2D eigenvalue weighted by molar-refractivity contribution is 9.13. The third kappa shape index (κ3) is 2.99. The summed E-state index contributed by atoms with van der Waals surface area (Å²) in [6, 6.07) is 1.63. The van der Waals surface area contributed by atoms with E-state index in [0.29, 0.717) is 17.3 Å². The monoisotopic (exact) mass is 417 g/mol. The molecule has 1 aliphatic rings. The molecule has 0 bridgehead atoms. The number of sulfonamides is 1. The molecule has 1 aromatic rings. The van der Waals surface area contributed by atoms with Crippen molar-refractivity contribution in [3.8, 4) is 0 Å². The van der Waals surface area contributed by atoms with Crippen LogP contribution in [0.1, 0.15) is 13.8 Å². The second-order valence-electron chi connectivity index (χ2n) is 4.27. The van der Waals surface area contributed by atoms with Crippen molar-refractivity contribution in [3.63, 3.8) is 0 Å². The average molecular weight is 419 g/mol. The van der Waals surface area contributed by atoms with Gasteiger partial charge in [0.1, 0.15) is 4.21 Å². The van der Waals surface area contributed by atoms with Crippen molar-refractivity contribution in [2.45, 2.75) is 30.3 Å². The normalized spacial score (nSPS) is 26.4. The Morgan fingerprint density at radius 2 is 1.89 bits per heavy atom. The first-order valence-electron chi connectivity index (χ1n) is 5.41. The van der Waals surface area contributed by atoms with E-state index in [1.54, 1.807) is 6.07 Å². The summed E-state index contributed by atoms with van der Waals surface area (Å²) in [6.45, 7) is 4.58. The molecule has 0 radical (unpaired) electrons. The molecule has 0 amide bonds. The molecule has 1 fully saturated rings. The molecular weight excluding hydrogens is 406 g/mol. The maximum atomic E-state index is 12.5. The molecule has 2 heterocycles. The van der Waals surface area contributed by atoms with Crippen LogP contribution in [0.4, 0.5) is 0 Å². The highest BCUT2D eigenvalue weighted by Gasteiger charge is 2.33. The Morgan fingerprint density at radius 1 is 1.33 bits per heavy atom. The first-order chi connectivity index (χ1) is 8.30. The molecule has 8 heteroatoms. The van der Waals surface area contributed by atoms with Crippen LogP contribution in [0.15, 0.2) is 18.5 Å². The van der Waals surface area contributed by atoms with Crippen molar-refractivity contribution in [2.75, 3.05) is 13.1 Å². The van der Waals surface area contributed by atoms with Gasteiger partial charge in [-0.25, -0.2) is 8.42 Å². The lowest BCUT2D eigenvalue weighted by Gasteiger charge is -2.34. The third-order valence-corrected chi connectivity index (χ3v) is 8.14.